The molecular formula is C16H24FN3O2. The molecule has 122 valence electrons. The highest BCUT2D eigenvalue weighted by molar-refractivity contribution is 5.77. The van der Waals surface area contributed by atoms with E-state index in [1.165, 1.54) is 12.1 Å². The first-order valence-electron chi connectivity index (χ1n) is 7.65. The van der Waals surface area contributed by atoms with Gasteiger partial charge in [0.2, 0.25) is 5.91 Å². The number of morpholine rings is 1. The zero-order chi connectivity index (χ0) is 15.8. The number of carbonyl (C=O) groups excluding carboxylic acids is 1. The Balaban J connectivity index is 1.55. The molecule has 1 heterocycles. The van der Waals surface area contributed by atoms with Crippen molar-refractivity contribution >= 4 is 5.91 Å². The van der Waals surface area contributed by atoms with E-state index in [1.54, 1.807) is 12.1 Å². The summed E-state index contributed by atoms with van der Waals surface area (Å²) in [5.41, 5.74) is 1.01. The molecule has 2 rings (SSSR count). The zero-order valence-electron chi connectivity index (χ0n) is 13.0. The Morgan fingerprint density at radius 2 is 2.18 bits per heavy atom. The van der Waals surface area contributed by atoms with E-state index in [4.69, 9.17) is 4.74 Å². The van der Waals surface area contributed by atoms with Gasteiger partial charge in [0.15, 0.2) is 0 Å². The van der Waals surface area contributed by atoms with Crippen LogP contribution in [0.1, 0.15) is 5.56 Å². The van der Waals surface area contributed by atoms with Crippen LogP contribution < -0.4 is 10.6 Å². The third-order valence-electron chi connectivity index (χ3n) is 3.65. The smallest absolute Gasteiger partial charge is 0.233 e. The maximum atomic E-state index is 12.8. The number of hydrogen-bond acceptors (Lipinski definition) is 4. The van der Waals surface area contributed by atoms with Crippen LogP contribution in [0.5, 0.6) is 0 Å². The van der Waals surface area contributed by atoms with E-state index >= 15 is 0 Å². The van der Waals surface area contributed by atoms with Crippen LogP contribution in [0.15, 0.2) is 24.3 Å². The van der Waals surface area contributed by atoms with Crippen LogP contribution in [0, 0.1) is 5.82 Å². The number of hydrogen-bond donors (Lipinski definition) is 2. The van der Waals surface area contributed by atoms with E-state index in [9.17, 15) is 9.18 Å². The Bertz CT molecular complexity index is 467. The second kappa shape index (κ2) is 8.82. The molecule has 0 bridgehead atoms. The highest BCUT2D eigenvalue weighted by atomic mass is 19.1. The van der Waals surface area contributed by atoms with E-state index in [2.05, 4.69) is 22.6 Å². The second-order valence-corrected chi connectivity index (χ2v) is 5.61. The average molecular weight is 309 g/mol. The van der Waals surface area contributed by atoms with Gasteiger partial charge in [0.25, 0.3) is 0 Å². The van der Waals surface area contributed by atoms with E-state index < -0.39 is 0 Å². The average Bonchev–Trinajstić information content (AvgIpc) is 2.49. The minimum atomic E-state index is -0.243. The molecule has 0 aromatic heterocycles. The van der Waals surface area contributed by atoms with Gasteiger partial charge in [0.1, 0.15) is 5.82 Å². The lowest BCUT2D eigenvalue weighted by atomic mass is 10.1. The van der Waals surface area contributed by atoms with Crippen LogP contribution in [0.2, 0.25) is 0 Å². The molecule has 1 amide bonds. The molecule has 1 aromatic carbocycles. The van der Waals surface area contributed by atoms with Crippen molar-refractivity contribution in [2.45, 2.75) is 12.5 Å². The third-order valence-corrected chi connectivity index (χ3v) is 3.65. The van der Waals surface area contributed by atoms with Crippen LogP contribution >= 0.6 is 0 Å². The van der Waals surface area contributed by atoms with Gasteiger partial charge in [-0.05, 0) is 31.2 Å². The van der Waals surface area contributed by atoms with Crippen molar-refractivity contribution in [3.63, 3.8) is 0 Å². The summed E-state index contributed by atoms with van der Waals surface area (Å²) in [6.07, 6.45) is 0.841. The van der Waals surface area contributed by atoms with Crippen LogP contribution in [-0.2, 0) is 16.0 Å². The summed E-state index contributed by atoms with van der Waals surface area (Å²) >= 11 is 0. The van der Waals surface area contributed by atoms with Gasteiger partial charge in [-0.15, -0.1) is 0 Å². The van der Waals surface area contributed by atoms with E-state index in [1.807, 2.05) is 0 Å². The van der Waals surface area contributed by atoms with Gasteiger partial charge in [-0.3, -0.25) is 4.79 Å². The third kappa shape index (κ3) is 6.09. The SMILES string of the molecule is CN1CCO[C@@H](CNCC(=O)NCCc2ccc(F)cc2)C1. The van der Waals surface area contributed by atoms with Gasteiger partial charge in [-0.25, -0.2) is 4.39 Å². The molecule has 0 aliphatic carbocycles. The maximum absolute atomic E-state index is 12.8. The minimum Gasteiger partial charge on any atom is -0.374 e. The number of rotatable bonds is 7. The molecule has 0 spiro atoms. The van der Waals surface area contributed by atoms with Crippen molar-refractivity contribution in [3.8, 4) is 0 Å². The number of nitrogens with one attached hydrogen (secondary N) is 2. The van der Waals surface area contributed by atoms with Crippen LogP contribution in [0.4, 0.5) is 4.39 Å². The van der Waals surface area contributed by atoms with Gasteiger partial charge in [0, 0.05) is 26.2 Å². The minimum absolute atomic E-state index is 0.0359. The van der Waals surface area contributed by atoms with E-state index in [0.29, 0.717) is 19.5 Å². The Hall–Kier alpha value is -1.50. The molecule has 1 atom stereocenters. The predicted molar refractivity (Wildman–Crippen MR) is 83.2 cm³/mol. The number of nitrogens with zero attached hydrogens (tertiary/aromatic N) is 1. The zero-order valence-corrected chi connectivity index (χ0v) is 13.0. The van der Waals surface area contributed by atoms with Crippen molar-refractivity contribution in [2.75, 3.05) is 46.4 Å². The highest BCUT2D eigenvalue weighted by Gasteiger charge is 2.17. The largest absolute Gasteiger partial charge is 0.374 e. The van der Waals surface area contributed by atoms with Crippen molar-refractivity contribution in [1.29, 1.82) is 0 Å². The molecule has 0 radical (unpaired) electrons. The summed E-state index contributed by atoms with van der Waals surface area (Å²) in [6, 6.07) is 6.33. The first-order valence-corrected chi connectivity index (χ1v) is 7.65. The quantitative estimate of drug-likeness (QED) is 0.766. The molecule has 0 unspecified atom stereocenters. The van der Waals surface area contributed by atoms with Crippen LogP contribution in [0.3, 0.4) is 0 Å². The summed E-state index contributed by atoms with van der Waals surface area (Å²) in [5.74, 6) is -0.279. The van der Waals surface area contributed by atoms with Gasteiger partial charge >= 0.3 is 0 Å². The standard InChI is InChI=1S/C16H24FN3O2/c1-20-8-9-22-15(12-20)10-18-11-16(21)19-7-6-13-2-4-14(17)5-3-13/h2-5,15,18H,6-12H2,1H3,(H,19,21)/t15-/m0/s1. The van der Waals surface area contributed by atoms with Crippen LogP contribution in [-0.4, -0.2) is 63.3 Å². The van der Waals surface area contributed by atoms with Crippen molar-refractivity contribution in [2.24, 2.45) is 0 Å². The molecule has 1 saturated heterocycles. The number of amides is 1. The molecule has 1 aliphatic heterocycles. The molecule has 2 N–H and O–H groups in total. The maximum Gasteiger partial charge on any atom is 0.233 e. The Labute approximate surface area is 130 Å². The van der Waals surface area contributed by atoms with Gasteiger partial charge in [0.05, 0.1) is 19.3 Å². The molecule has 0 saturated carbocycles. The molecule has 1 aromatic rings. The second-order valence-electron chi connectivity index (χ2n) is 5.61. The van der Waals surface area contributed by atoms with E-state index in [-0.39, 0.29) is 24.4 Å². The topological polar surface area (TPSA) is 53.6 Å². The van der Waals surface area contributed by atoms with Crippen LogP contribution in [0.25, 0.3) is 0 Å². The fourth-order valence-electron chi connectivity index (χ4n) is 2.40. The van der Waals surface area contributed by atoms with Crippen molar-refractivity contribution in [3.05, 3.63) is 35.6 Å². The molecule has 6 heteroatoms. The lowest BCUT2D eigenvalue weighted by molar-refractivity contribution is -0.120. The summed E-state index contributed by atoms with van der Waals surface area (Å²) in [5, 5.41) is 5.96. The number of halogens is 1. The monoisotopic (exact) mass is 309 g/mol. The predicted octanol–water partition coefficient (Wildman–Crippen LogP) is 0.405. The Morgan fingerprint density at radius 1 is 1.41 bits per heavy atom. The molecule has 1 aliphatic rings. The van der Waals surface area contributed by atoms with Gasteiger partial charge < -0.3 is 20.3 Å². The Kier molecular flexibility index (Phi) is 6.76. The fourth-order valence-corrected chi connectivity index (χ4v) is 2.40. The Morgan fingerprint density at radius 3 is 2.91 bits per heavy atom. The molecule has 1 fully saturated rings. The van der Waals surface area contributed by atoms with Gasteiger partial charge in [-0.1, -0.05) is 12.1 Å². The normalized spacial score (nSPS) is 19.1. The van der Waals surface area contributed by atoms with Gasteiger partial charge in [-0.2, -0.15) is 0 Å². The first-order chi connectivity index (χ1) is 10.6. The number of ether oxygens (including phenoxy) is 1. The number of likely N-dealkylation sites (N-methyl/N-ethyl adjacent to an activating group) is 1. The number of benzene rings is 1. The van der Waals surface area contributed by atoms with Crippen molar-refractivity contribution in [1.82, 2.24) is 15.5 Å². The molecular weight excluding hydrogens is 285 g/mol. The number of carbonyl (C=O) groups is 1. The fraction of sp³-hybridized carbons (Fsp3) is 0.562. The summed E-state index contributed by atoms with van der Waals surface area (Å²) in [6.45, 7) is 4.10. The lowest BCUT2D eigenvalue weighted by Gasteiger charge is -2.30. The summed E-state index contributed by atoms with van der Waals surface area (Å²) < 4.78 is 18.4. The van der Waals surface area contributed by atoms with E-state index in [0.717, 1.165) is 25.3 Å². The molecule has 5 nitrogen and oxygen atoms in total. The van der Waals surface area contributed by atoms with Crippen molar-refractivity contribution < 1.29 is 13.9 Å². The first kappa shape index (κ1) is 16.9. The lowest BCUT2D eigenvalue weighted by Crippen LogP contribution is -2.46. The molecule has 22 heavy (non-hydrogen) atoms. The summed E-state index contributed by atoms with van der Waals surface area (Å²) in [4.78, 5) is 13.9. The highest BCUT2D eigenvalue weighted by Crippen LogP contribution is 2.03. The summed E-state index contributed by atoms with van der Waals surface area (Å²) in [7, 11) is 2.07.